The van der Waals surface area contributed by atoms with Crippen molar-refractivity contribution in [3.8, 4) is 0 Å². The number of nitrogen functional groups attached to an aromatic ring is 1. The smallest absolute Gasteiger partial charge is 0.253 e. The Bertz CT molecular complexity index is 684. The van der Waals surface area contributed by atoms with Gasteiger partial charge in [-0.15, -0.1) is 0 Å². The molecule has 0 spiro atoms. The third-order valence-electron chi connectivity index (χ3n) is 3.80. The molecule has 0 atom stereocenters. The fourth-order valence-corrected chi connectivity index (χ4v) is 2.52. The molecule has 1 aromatic carbocycles. The van der Waals surface area contributed by atoms with Crippen LogP contribution in [0, 0.1) is 0 Å². The summed E-state index contributed by atoms with van der Waals surface area (Å²) < 4.78 is 5.35. The number of amides is 1. The molecule has 23 heavy (non-hydrogen) atoms. The van der Waals surface area contributed by atoms with Crippen molar-refractivity contribution in [1.82, 2.24) is 10.3 Å². The monoisotopic (exact) mass is 312 g/mol. The van der Waals surface area contributed by atoms with Crippen molar-refractivity contribution in [3.63, 3.8) is 0 Å². The number of hydrogen-bond acceptors (Lipinski definition) is 5. The normalized spacial score (nSPS) is 14.5. The zero-order valence-electron chi connectivity index (χ0n) is 12.9. The molecule has 1 amide bonds. The molecule has 1 fully saturated rings. The molecule has 0 unspecified atom stereocenters. The second kappa shape index (κ2) is 7.11. The maximum absolute atomic E-state index is 12.2. The maximum Gasteiger partial charge on any atom is 0.253 e. The summed E-state index contributed by atoms with van der Waals surface area (Å²) in [5, 5.41) is 2.90. The summed E-state index contributed by atoms with van der Waals surface area (Å²) in [5.74, 6) is 0.743. The predicted molar refractivity (Wildman–Crippen MR) is 89.3 cm³/mol. The van der Waals surface area contributed by atoms with Crippen LogP contribution in [0.2, 0.25) is 0 Å². The first-order chi connectivity index (χ1) is 11.2. The highest BCUT2D eigenvalue weighted by Crippen LogP contribution is 2.15. The van der Waals surface area contributed by atoms with Crippen LogP contribution in [0.5, 0.6) is 0 Å². The summed E-state index contributed by atoms with van der Waals surface area (Å²) in [6.07, 6.45) is 1.77. The van der Waals surface area contributed by atoms with Gasteiger partial charge in [-0.05, 0) is 29.8 Å². The van der Waals surface area contributed by atoms with E-state index in [9.17, 15) is 4.79 Å². The molecule has 1 aliphatic rings. The number of nitrogens with zero attached hydrogens (tertiary/aromatic N) is 2. The molecule has 0 radical (unpaired) electrons. The van der Waals surface area contributed by atoms with E-state index in [0.29, 0.717) is 17.8 Å². The van der Waals surface area contributed by atoms with Gasteiger partial charge in [0.15, 0.2) is 0 Å². The van der Waals surface area contributed by atoms with E-state index in [2.05, 4.69) is 15.2 Å². The molecule has 3 rings (SSSR count). The van der Waals surface area contributed by atoms with Gasteiger partial charge >= 0.3 is 0 Å². The highest BCUT2D eigenvalue weighted by atomic mass is 16.5. The number of carbonyl (C=O) groups excluding carboxylic acids is 1. The third-order valence-corrected chi connectivity index (χ3v) is 3.80. The molecular weight excluding hydrogens is 292 g/mol. The number of anilines is 2. The van der Waals surface area contributed by atoms with E-state index in [1.165, 1.54) is 0 Å². The van der Waals surface area contributed by atoms with Crippen molar-refractivity contribution >= 4 is 17.4 Å². The Balaban J connectivity index is 1.64. The van der Waals surface area contributed by atoms with Gasteiger partial charge in [-0.3, -0.25) is 4.79 Å². The van der Waals surface area contributed by atoms with Crippen molar-refractivity contribution in [3.05, 3.63) is 53.7 Å². The lowest BCUT2D eigenvalue weighted by atomic mass is 10.1. The lowest BCUT2D eigenvalue weighted by Crippen LogP contribution is -2.36. The molecule has 1 aromatic heterocycles. The Labute approximate surface area is 135 Å². The molecule has 0 aliphatic carbocycles. The Morgan fingerprint density at radius 3 is 2.83 bits per heavy atom. The number of ether oxygens (including phenoxy) is 1. The van der Waals surface area contributed by atoms with Crippen LogP contribution in [-0.2, 0) is 11.3 Å². The highest BCUT2D eigenvalue weighted by Gasteiger charge is 2.13. The summed E-state index contributed by atoms with van der Waals surface area (Å²) in [7, 11) is 0. The average Bonchev–Trinajstić information content (AvgIpc) is 2.61. The van der Waals surface area contributed by atoms with Crippen molar-refractivity contribution in [2.45, 2.75) is 6.54 Å². The van der Waals surface area contributed by atoms with Crippen molar-refractivity contribution in [2.75, 3.05) is 36.9 Å². The van der Waals surface area contributed by atoms with Crippen LogP contribution < -0.4 is 16.0 Å². The van der Waals surface area contributed by atoms with Gasteiger partial charge in [0.05, 0.1) is 18.8 Å². The van der Waals surface area contributed by atoms with Gasteiger partial charge in [0.25, 0.3) is 5.91 Å². The van der Waals surface area contributed by atoms with Crippen molar-refractivity contribution in [1.29, 1.82) is 0 Å². The van der Waals surface area contributed by atoms with Crippen molar-refractivity contribution in [2.24, 2.45) is 0 Å². The van der Waals surface area contributed by atoms with E-state index in [1.807, 2.05) is 18.2 Å². The van der Waals surface area contributed by atoms with Crippen LogP contribution in [0.25, 0.3) is 0 Å². The van der Waals surface area contributed by atoms with E-state index < -0.39 is 0 Å². The summed E-state index contributed by atoms with van der Waals surface area (Å²) in [6.45, 7) is 3.55. The number of carbonyl (C=O) groups is 1. The molecule has 2 heterocycles. The lowest BCUT2D eigenvalue weighted by molar-refractivity contribution is 0.0952. The van der Waals surface area contributed by atoms with Crippen LogP contribution in [0.3, 0.4) is 0 Å². The first kappa shape index (κ1) is 15.3. The molecule has 120 valence electrons. The molecule has 2 aromatic rings. The first-order valence-corrected chi connectivity index (χ1v) is 7.64. The predicted octanol–water partition coefficient (Wildman–Crippen LogP) is 1.43. The number of hydrogen-bond donors (Lipinski definition) is 2. The Morgan fingerprint density at radius 2 is 2.04 bits per heavy atom. The first-order valence-electron chi connectivity index (χ1n) is 7.64. The fraction of sp³-hybridized carbons (Fsp3) is 0.294. The third kappa shape index (κ3) is 3.78. The Morgan fingerprint density at radius 1 is 1.26 bits per heavy atom. The lowest BCUT2D eigenvalue weighted by Gasteiger charge is -2.28. The average molecular weight is 312 g/mol. The van der Waals surface area contributed by atoms with Gasteiger partial charge in [0.1, 0.15) is 5.82 Å². The summed E-state index contributed by atoms with van der Waals surface area (Å²) in [5.41, 5.74) is 7.80. The molecule has 6 nitrogen and oxygen atoms in total. The van der Waals surface area contributed by atoms with E-state index in [1.54, 1.807) is 24.4 Å². The highest BCUT2D eigenvalue weighted by molar-refractivity contribution is 5.98. The minimum absolute atomic E-state index is 0.173. The summed E-state index contributed by atoms with van der Waals surface area (Å²) >= 11 is 0. The van der Waals surface area contributed by atoms with Gasteiger partial charge in [-0.1, -0.05) is 12.1 Å². The quantitative estimate of drug-likeness (QED) is 0.835. The molecule has 0 bridgehead atoms. The SMILES string of the molecule is Nc1ccccc1C(=O)NCc1ccnc(N2CCOCC2)c1. The number of nitrogens with one attached hydrogen (secondary N) is 1. The largest absolute Gasteiger partial charge is 0.398 e. The van der Waals surface area contributed by atoms with Crippen LogP contribution in [0.4, 0.5) is 11.5 Å². The van der Waals surface area contributed by atoms with Crippen molar-refractivity contribution < 1.29 is 9.53 Å². The van der Waals surface area contributed by atoms with Gasteiger partial charge < -0.3 is 20.7 Å². The number of aromatic nitrogens is 1. The second-order valence-electron chi connectivity index (χ2n) is 5.39. The standard InChI is InChI=1S/C17H20N4O2/c18-15-4-2-1-3-14(15)17(22)20-12-13-5-6-19-16(11-13)21-7-9-23-10-8-21/h1-6,11H,7-10,12,18H2,(H,20,22). The van der Waals surface area contributed by atoms with Gasteiger partial charge in [0.2, 0.25) is 0 Å². The van der Waals surface area contributed by atoms with Crippen LogP contribution >= 0.6 is 0 Å². The molecular formula is C17H20N4O2. The van der Waals surface area contributed by atoms with Crippen LogP contribution in [0.1, 0.15) is 15.9 Å². The minimum Gasteiger partial charge on any atom is -0.398 e. The van der Waals surface area contributed by atoms with Gasteiger partial charge in [0, 0.05) is 31.5 Å². The Hall–Kier alpha value is -2.60. The number of nitrogens with two attached hydrogens (primary N) is 1. The zero-order valence-corrected chi connectivity index (χ0v) is 12.9. The molecule has 1 saturated heterocycles. The van der Waals surface area contributed by atoms with Gasteiger partial charge in [-0.2, -0.15) is 0 Å². The minimum atomic E-state index is -0.173. The number of morpholine rings is 1. The number of para-hydroxylation sites is 1. The number of pyridine rings is 1. The topological polar surface area (TPSA) is 80.5 Å². The number of rotatable bonds is 4. The fourth-order valence-electron chi connectivity index (χ4n) is 2.52. The van der Waals surface area contributed by atoms with Crippen LogP contribution in [0.15, 0.2) is 42.6 Å². The molecule has 1 aliphatic heterocycles. The van der Waals surface area contributed by atoms with E-state index in [4.69, 9.17) is 10.5 Å². The van der Waals surface area contributed by atoms with E-state index >= 15 is 0 Å². The molecule has 6 heteroatoms. The van der Waals surface area contributed by atoms with Gasteiger partial charge in [-0.25, -0.2) is 4.98 Å². The Kier molecular flexibility index (Phi) is 4.73. The van der Waals surface area contributed by atoms with E-state index in [-0.39, 0.29) is 5.91 Å². The van der Waals surface area contributed by atoms with E-state index in [0.717, 1.165) is 37.7 Å². The molecule has 3 N–H and O–H groups in total. The maximum atomic E-state index is 12.2. The second-order valence-corrected chi connectivity index (χ2v) is 5.39. The number of benzene rings is 1. The zero-order chi connectivity index (χ0) is 16.1. The summed E-state index contributed by atoms with van der Waals surface area (Å²) in [4.78, 5) is 18.8. The van der Waals surface area contributed by atoms with Crippen LogP contribution in [-0.4, -0.2) is 37.2 Å². The summed E-state index contributed by atoms with van der Waals surface area (Å²) in [6, 6.07) is 10.9. The molecule has 0 saturated carbocycles.